The summed E-state index contributed by atoms with van der Waals surface area (Å²) in [5, 5.41) is 17.9. The standard InChI is InChI=1S/C15H18N2O3S/c16-21(19,20)14-7-5-12(6-8-14)9-10-17-11-13-3-1-2-4-15(13)18/h1-8,17-18H,9-11H2,(H2,16,19,20). The molecule has 0 fully saturated rings. The molecule has 21 heavy (non-hydrogen) atoms. The topological polar surface area (TPSA) is 92.4 Å². The molecule has 0 aliphatic rings. The molecule has 5 nitrogen and oxygen atoms in total. The van der Waals surface area contributed by atoms with Crippen molar-refractivity contribution in [3.63, 3.8) is 0 Å². The zero-order chi connectivity index (χ0) is 15.3. The van der Waals surface area contributed by atoms with Crippen molar-refractivity contribution in [1.29, 1.82) is 0 Å². The first-order chi connectivity index (χ1) is 9.97. The highest BCUT2D eigenvalue weighted by atomic mass is 32.2. The van der Waals surface area contributed by atoms with Crippen LogP contribution in [0.25, 0.3) is 0 Å². The molecule has 0 spiro atoms. The monoisotopic (exact) mass is 306 g/mol. The van der Waals surface area contributed by atoms with E-state index in [0.29, 0.717) is 6.54 Å². The Morgan fingerprint density at radius 2 is 1.71 bits per heavy atom. The van der Waals surface area contributed by atoms with E-state index in [2.05, 4.69) is 5.32 Å². The maximum Gasteiger partial charge on any atom is 0.238 e. The number of hydrogen-bond acceptors (Lipinski definition) is 4. The number of aromatic hydroxyl groups is 1. The van der Waals surface area contributed by atoms with Crippen LogP contribution in [0.5, 0.6) is 5.75 Å². The predicted molar refractivity (Wildman–Crippen MR) is 81.3 cm³/mol. The Labute approximate surface area is 124 Å². The van der Waals surface area contributed by atoms with Crippen LogP contribution in [0.1, 0.15) is 11.1 Å². The fraction of sp³-hybridized carbons (Fsp3) is 0.200. The summed E-state index contributed by atoms with van der Waals surface area (Å²) in [6.07, 6.45) is 0.762. The Balaban J connectivity index is 1.83. The summed E-state index contributed by atoms with van der Waals surface area (Å²) in [7, 11) is -3.63. The summed E-state index contributed by atoms with van der Waals surface area (Å²) in [6, 6.07) is 13.7. The first-order valence-corrected chi connectivity index (χ1v) is 8.11. The first-order valence-electron chi connectivity index (χ1n) is 6.56. The van der Waals surface area contributed by atoms with Gasteiger partial charge in [0.2, 0.25) is 10.0 Å². The van der Waals surface area contributed by atoms with E-state index >= 15 is 0 Å². The molecule has 112 valence electrons. The lowest BCUT2D eigenvalue weighted by atomic mass is 10.1. The summed E-state index contributed by atoms with van der Waals surface area (Å²) in [6.45, 7) is 1.31. The van der Waals surface area contributed by atoms with Gasteiger partial charge in [-0.3, -0.25) is 0 Å². The summed E-state index contributed by atoms with van der Waals surface area (Å²) in [5.41, 5.74) is 1.87. The largest absolute Gasteiger partial charge is 0.508 e. The summed E-state index contributed by atoms with van der Waals surface area (Å²) in [4.78, 5) is 0.119. The normalized spacial score (nSPS) is 11.5. The maximum atomic E-state index is 11.1. The van der Waals surface area contributed by atoms with Gasteiger partial charge in [0, 0.05) is 12.1 Å². The molecule has 0 aliphatic heterocycles. The lowest BCUT2D eigenvalue weighted by Gasteiger charge is -2.07. The highest BCUT2D eigenvalue weighted by molar-refractivity contribution is 7.89. The zero-order valence-corrected chi connectivity index (χ0v) is 12.3. The molecule has 0 bridgehead atoms. The van der Waals surface area contributed by atoms with Crippen LogP contribution in [0.15, 0.2) is 53.4 Å². The van der Waals surface area contributed by atoms with E-state index in [9.17, 15) is 13.5 Å². The second-order valence-electron chi connectivity index (χ2n) is 4.74. The van der Waals surface area contributed by atoms with E-state index in [1.165, 1.54) is 12.1 Å². The minimum Gasteiger partial charge on any atom is -0.508 e. The summed E-state index contributed by atoms with van der Waals surface area (Å²) >= 11 is 0. The fourth-order valence-corrected chi connectivity index (χ4v) is 2.48. The third-order valence-electron chi connectivity index (χ3n) is 3.15. The molecular formula is C15H18N2O3S. The number of benzene rings is 2. The van der Waals surface area contributed by atoms with Crippen molar-refractivity contribution >= 4 is 10.0 Å². The number of phenolic OH excluding ortho intramolecular Hbond substituents is 1. The first kappa shape index (κ1) is 15.5. The van der Waals surface area contributed by atoms with E-state index in [0.717, 1.165) is 24.1 Å². The van der Waals surface area contributed by atoms with Gasteiger partial charge < -0.3 is 10.4 Å². The van der Waals surface area contributed by atoms with Crippen LogP contribution >= 0.6 is 0 Å². The second-order valence-corrected chi connectivity index (χ2v) is 6.31. The van der Waals surface area contributed by atoms with Gasteiger partial charge in [0.1, 0.15) is 5.75 Å². The number of para-hydroxylation sites is 1. The van der Waals surface area contributed by atoms with Crippen molar-refractivity contribution in [2.75, 3.05) is 6.54 Å². The molecule has 0 saturated heterocycles. The molecule has 0 aromatic heterocycles. The number of primary sulfonamides is 1. The Bertz CT molecular complexity index is 697. The van der Waals surface area contributed by atoms with Gasteiger partial charge in [-0.05, 0) is 36.7 Å². The van der Waals surface area contributed by atoms with E-state index < -0.39 is 10.0 Å². The predicted octanol–water partition coefficient (Wildman–Crippen LogP) is 1.37. The van der Waals surface area contributed by atoms with Crippen LogP contribution in [0.3, 0.4) is 0 Å². The molecule has 0 heterocycles. The van der Waals surface area contributed by atoms with Crippen LogP contribution in [0, 0.1) is 0 Å². The number of rotatable bonds is 6. The molecule has 0 atom stereocenters. The molecular weight excluding hydrogens is 288 g/mol. The number of phenols is 1. The highest BCUT2D eigenvalue weighted by Gasteiger charge is 2.06. The van der Waals surface area contributed by atoms with Gasteiger partial charge in [0.15, 0.2) is 0 Å². The summed E-state index contributed by atoms with van der Waals surface area (Å²) in [5.74, 6) is 0.280. The van der Waals surface area contributed by atoms with E-state index in [4.69, 9.17) is 5.14 Å². The Morgan fingerprint density at radius 3 is 2.33 bits per heavy atom. The molecule has 2 aromatic carbocycles. The van der Waals surface area contributed by atoms with Crippen molar-refractivity contribution in [3.8, 4) is 5.75 Å². The van der Waals surface area contributed by atoms with E-state index in [1.807, 2.05) is 12.1 Å². The molecule has 4 N–H and O–H groups in total. The summed E-state index contributed by atoms with van der Waals surface area (Å²) < 4.78 is 22.3. The number of nitrogens with one attached hydrogen (secondary N) is 1. The van der Waals surface area contributed by atoms with Gasteiger partial charge in [0.05, 0.1) is 4.90 Å². The van der Waals surface area contributed by atoms with Gasteiger partial charge in [-0.25, -0.2) is 13.6 Å². The van der Waals surface area contributed by atoms with E-state index in [-0.39, 0.29) is 10.6 Å². The third-order valence-corrected chi connectivity index (χ3v) is 4.08. The molecule has 0 radical (unpaired) electrons. The number of hydrogen-bond donors (Lipinski definition) is 3. The van der Waals surface area contributed by atoms with Gasteiger partial charge in [-0.2, -0.15) is 0 Å². The number of sulfonamides is 1. The fourth-order valence-electron chi connectivity index (χ4n) is 1.96. The van der Waals surface area contributed by atoms with Crippen molar-refractivity contribution in [1.82, 2.24) is 5.32 Å². The van der Waals surface area contributed by atoms with Gasteiger partial charge in [-0.1, -0.05) is 30.3 Å². The maximum absolute atomic E-state index is 11.1. The van der Waals surface area contributed by atoms with Crippen LogP contribution in [-0.2, 0) is 23.0 Å². The van der Waals surface area contributed by atoms with Crippen LogP contribution in [0.4, 0.5) is 0 Å². The lowest BCUT2D eigenvalue weighted by Crippen LogP contribution is -2.17. The molecule has 2 aromatic rings. The number of nitrogens with two attached hydrogens (primary N) is 1. The molecule has 6 heteroatoms. The second kappa shape index (κ2) is 6.71. The third kappa shape index (κ3) is 4.56. The zero-order valence-electron chi connectivity index (χ0n) is 11.5. The molecule has 0 amide bonds. The van der Waals surface area contributed by atoms with E-state index in [1.54, 1.807) is 24.3 Å². The van der Waals surface area contributed by atoms with Crippen LogP contribution in [-0.4, -0.2) is 20.1 Å². The molecule has 0 unspecified atom stereocenters. The SMILES string of the molecule is NS(=O)(=O)c1ccc(CCNCc2ccccc2O)cc1. The van der Waals surface area contributed by atoms with Gasteiger partial charge in [-0.15, -0.1) is 0 Å². The average Bonchev–Trinajstić information content (AvgIpc) is 2.45. The van der Waals surface area contributed by atoms with Crippen molar-refractivity contribution in [3.05, 3.63) is 59.7 Å². The molecule has 0 aliphatic carbocycles. The van der Waals surface area contributed by atoms with Crippen molar-refractivity contribution < 1.29 is 13.5 Å². The van der Waals surface area contributed by atoms with Crippen LogP contribution < -0.4 is 10.5 Å². The average molecular weight is 306 g/mol. The minimum absolute atomic E-state index is 0.119. The lowest BCUT2D eigenvalue weighted by molar-refractivity contribution is 0.464. The minimum atomic E-state index is -3.63. The smallest absolute Gasteiger partial charge is 0.238 e. The molecule has 0 saturated carbocycles. The Hall–Kier alpha value is -1.89. The Morgan fingerprint density at radius 1 is 1.05 bits per heavy atom. The van der Waals surface area contributed by atoms with Crippen LogP contribution in [0.2, 0.25) is 0 Å². The van der Waals surface area contributed by atoms with Gasteiger partial charge >= 0.3 is 0 Å². The highest BCUT2D eigenvalue weighted by Crippen LogP contribution is 2.15. The van der Waals surface area contributed by atoms with Gasteiger partial charge in [0.25, 0.3) is 0 Å². The van der Waals surface area contributed by atoms with Crippen molar-refractivity contribution in [2.24, 2.45) is 5.14 Å². The van der Waals surface area contributed by atoms with Crippen molar-refractivity contribution in [2.45, 2.75) is 17.9 Å². The Kier molecular flexibility index (Phi) is 4.95. The molecule has 2 rings (SSSR count). The quantitative estimate of drug-likeness (QED) is 0.703.